The van der Waals surface area contributed by atoms with E-state index >= 15 is 0 Å². The fourth-order valence-corrected chi connectivity index (χ4v) is 6.53. The summed E-state index contributed by atoms with van der Waals surface area (Å²) < 4.78 is 34.5. The van der Waals surface area contributed by atoms with Crippen LogP contribution in [0.25, 0.3) is 11.1 Å². The number of benzene rings is 2. The van der Waals surface area contributed by atoms with Crippen molar-refractivity contribution in [3.63, 3.8) is 0 Å². The molecule has 0 radical (unpaired) electrons. The summed E-state index contributed by atoms with van der Waals surface area (Å²) in [4.78, 5) is 24.9. The van der Waals surface area contributed by atoms with Crippen LogP contribution >= 0.6 is 0 Å². The Morgan fingerprint density at radius 1 is 1.12 bits per heavy atom. The number of nitrogens with zero attached hydrogens (tertiary/aromatic N) is 2. The fourth-order valence-electron chi connectivity index (χ4n) is 4.99. The maximum Gasteiger partial charge on any atom is 0.419 e. The van der Waals surface area contributed by atoms with E-state index in [1.54, 1.807) is 13.1 Å². The van der Waals surface area contributed by atoms with Crippen molar-refractivity contribution >= 4 is 27.0 Å². The van der Waals surface area contributed by atoms with Gasteiger partial charge in [0.1, 0.15) is 0 Å². The molecule has 5 rings (SSSR count). The molecule has 1 N–H and O–H groups in total. The van der Waals surface area contributed by atoms with Gasteiger partial charge >= 0.3 is 5.76 Å². The van der Waals surface area contributed by atoms with Crippen LogP contribution in [0.2, 0.25) is 0 Å². The van der Waals surface area contributed by atoms with Crippen molar-refractivity contribution in [2.75, 3.05) is 13.1 Å². The number of aryl methyl sites for hydroxylation is 2. The number of amides is 1. The first-order valence-corrected chi connectivity index (χ1v) is 12.8. The van der Waals surface area contributed by atoms with E-state index < -0.39 is 21.7 Å². The Labute approximate surface area is 192 Å². The minimum absolute atomic E-state index is 0.0298. The molecule has 0 spiro atoms. The molecule has 8 nitrogen and oxygen atoms in total. The molecule has 33 heavy (non-hydrogen) atoms. The molecule has 0 saturated carbocycles. The zero-order chi connectivity index (χ0) is 23.2. The van der Waals surface area contributed by atoms with Gasteiger partial charge in [0.15, 0.2) is 5.58 Å². The molecular weight excluding hydrogens is 442 g/mol. The Kier molecular flexibility index (Phi) is 5.62. The van der Waals surface area contributed by atoms with Gasteiger partial charge in [0, 0.05) is 26.2 Å². The number of sulfonamides is 1. The van der Waals surface area contributed by atoms with E-state index in [2.05, 4.69) is 17.4 Å². The first-order valence-electron chi connectivity index (χ1n) is 11.3. The Morgan fingerprint density at radius 3 is 2.79 bits per heavy atom. The molecule has 2 heterocycles. The fraction of sp³-hybridized carbons (Fsp3) is 0.417. The minimum Gasteiger partial charge on any atom is -0.408 e. The van der Waals surface area contributed by atoms with E-state index in [1.165, 1.54) is 26.6 Å². The third-order valence-corrected chi connectivity index (χ3v) is 8.70. The van der Waals surface area contributed by atoms with Crippen LogP contribution in [-0.2, 0) is 28.3 Å². The number of hydrogen-bond acceptors (Lipinski definition) is 5. The number of fused-ring (bicyclic) bond motifs is 2. The van der Waals surface area contributed by atoms with Crippen molar-refractivity contribution in [2.24, 2.45) is 13.0 Å². The summed E-state index contributed by atoms with van der Waals surface area (Å²) >= 11 is 0. The normalized spacial score (nSPS) is 21.6. The van der Waals surface area contributed by atoms with E-state index in [1.807, 2.05) is 12.1 Å². The lowest BCUT2D eigenvalue weighted by molar-refractivity contribution is -0.127. The van der Waals surface area contributed by atoms with Gasteiger partial charge in [-0.25, -0.2) is 13.2 Å². The highest BCUT2D eigenvalue weighted by Crippen LogP contribution is 2.31. The van der Waals surface area contributed by atoms with E-state index in [4.69, 9.17) is 4.42 Å². The Hall–Kier alpha value is -2.91. The molecule has 1 fully saturated rings. The molecular formula is C24H27N3O5S. The first-order chi connectivity index (χ1) is 15.8. The van der Waals surface area contributed by atoms with Crippen LogP contribution in [0, 0.1) is 5.92 Å². The van der Waals surface area contributed by atoms with Crippen LogP contribution in [0.15, 0.2) is 56.6 Å². The van der Waals surface area contributed by atoms with Crippen molar-refractivity contribution in [3.05, 3.63) is 64.1 Å². The van der Waals surface area contributed by atoms with Crippen molar-refractivity contribution in [1.82, 2.24) is 14.2 Å². The number of nitrogens with one attached hydrogen (secondary N) is 1. The number of hydrogen-bond donors (Lipinski definition) is 1. The topological polar surface area (TPSA) is 102 Å². The van der Waals surface area contributed by atoms with Crippen molar-refractivity contribution in [2.45, 2.75) is 43.0 Å². The number of piperidine rings is 1. The van der Waals surface area contributed by atoms with Gasteiger partial charge in [0.2, 0.25) is 15.9 Å². The van der Waals surface area contributed by atoms with Crippen LogP contribution in [0.3, 0.4) is 0 Å². The summed E-state index contributed by atoms with van der Waals surface area (Å²) in [5.74, 6) is -1.04. The third-order valence-electron chi connectivity index (χ3n) is 6.84. The molecule has 0 unspecified atom stereocenters. The standard InChI is InChI=1S/C24H27N3O5S/c1-26-21-12-11-18(14-22(21)32-24(26)29)33(30,31)27-13-5-8-17(15-27)23(28)25-20-10-4-7-16-6-2-3-9-19(16)20/h2-3,6,9,11-12,14,17,20H,4-5,7-8,10,13,15H2,1H3,(H,25,28)/t17-,20+/m0/s1. The lowest BCUT2D eigenvalue weighted by Gasteiger charge is -2.33. The Morgan fingerprint density at radius 2 is 1.94 bits per heavy atom. The molecule has 1 aliphatic heterocycles. The molecule has 2 aromatic carbocycles. The molecule has 3 aromatic rings. The number of aromatic nitrogens is 1. The zero-order valence-corrected chi connectivity index (χ0v) is 19.3. The van der Waals surface area contributed by atoms with E-state index in [-0.39, 0.29) is 29.0 Å². The van der Waals surface area contributed by atoms with Gasteiger partial charge in [-0.2, -0.15) is 4.31 Å². The lowest BCUT2D eigenvalue weighted by Crippen LogP contribution is -2.46. The molecule has 2 aliphatic rings. The summed E-state index contributed by atoms with van der Waals surface area (Å²) in [5.41, 5.74) is 3.19. The van der Waals surface area contributed by atoms with Gasteiger partial charge in [-0.15, -0.1) is 0 Å². The summed E-state index contributed by atoms with van der Waals surface area (Å²) in [7, 11) is -2.25. The van der Waals surface area contributed by atoms with Gasteiger partial charge in [-0.1, -0.05) is 24.3 Å². The van der Waals surface area contributed by atoms with Gasteiger partial charge in [-0.05, 0) is 55.4 Å². The van der Waals surface area contributed by atoms with Crippen molar-refractivity contribution in [3.8, 4) is 0 Å². The highest BCUT2D eigenvalue weighted by Gasteiger charge is 2.35. The van der Waals surface area contributed by atoms with Crippen molar-refractivity contribution < 1.29 is 17.6 Å². The van der Waals surface area contributed by atoms with Crippen LogP contribution in [-0.4, -0.2) is 36.3 Å². The third kappa shape index (κ3) is 4.00. The molecule has 2 atom stereocenters. The number of rotatable bonds is 4. The smallest absolute Gasteiger partial charge is 0.408 e. The quantitative estimate of drug-likeness (QED) is 0.633. The summed E-state index contributed by atoms with van der Waals surface area (Å²) in [6.45, 7) is 0.495. The average Bonchev–Trinajstić information content (AvgIpc) is 3.12. The highest BCUT2D eigenvalue weighted by molar-refractivity contribution is 7.89. The van der Waals surface area contributed by atoms with Crippen LogP contribution < -0.4 is 11.1 Å². The average molecular weight is 470 g/mol. The van der Waals surface area contributed by atoms with Crippen LogP contribution in [0.1, 0.15) is 42.9 Å². The predicted octanol–water partition coefficient (Wildman–Crippen LogP) is 2.73. The van der Waals surface area contributed by atoms with Crippen LogP contribution in [0.4, 0.5) is 0 Å². The molecule has 174 valence electrons. The maximum absolute atomic E-state index is 13.3. The summed E-state index contributed by atoms with van der Waals surface area (Å²) in [5, 5.41) is 3.18. The van der Waals surface area contributed by atoms with Gasteiger partial charge in [-0.3, -0.25) is 9.36 Å². The largest absolute Gasteiger partial charge is 0.419 e. The molecule has 1 saturated heterocycles. The SMILES string of the molecule is Cn1c(=O)oc2cc(S(=O)(=O)N3CCC[C@H](C(=O)N[C@@H]4CCCc5ccccc54)C3)ccc21. The second-order valence-corrected chi connectivity index (χ2v) is 10.8. The zero-order valence-electron chi connectivity index (χ0n) is 18.5. The number of carbonyl (C=O) groups is 1. The monoisotopic (exact) mass is 469 g/mol. The van der Waals surface area contributed by atoms with Crippen LogP contribution in [0.5, 0.6) is 0 Å². The van der Waals surface area contributed by atoms with Gasteiger partial charge in [0.25, 0.3) is 0 Å². The van der Waals surface area contributed by atoms with Gasteiger partial charge < -0.3 is 9.73 Å². The predicted molar refractivity (Wildman–Crippen MR) is 123 cm³/mol. The van der Waals surface area contributed by atoms with E-state index in [0.717, 1.165) is 24.8 Å². The van der Waals surface area contributed by atoms with E-state index in [0.29, 0.717) is 24.9 Å². The summed E-state index contributed by atoms with van der Waals surface area (Å²) in [6, 6.07) is 12.6. The molecule has 9 heteroatoms. The molecule has 1 aromatic heterocycles. The molecule has 0 bridgehead atoms. The highest BCUT2D eigenvalue weighted by atomic mass is 32.2. The Balaban J connectivity index is 1.33. The second-order valence-electron chi connectivity index (χ2n) is 8.91. The minimum atomic E-state index is -3.82. The lowest BCUT2D eigenvalue weighted by atomic mass is 9.87. The number of oxazole rings is 1. The van der Waals surface area contributed by atoms with Gasteiger partial charge in [0.05, 0.1) is 22.4 Å². The van der Waals surface area contributed by atoms with E-state index in [9.17, 15) is 18.0 Å². The maximum atomic E-state index is 13.3. The second kappa shape index (κ2) is 8.46. The van der Waals surface area contributed by atoms with Crippen molar-refractivity contribution in [1.29, 1.82) is 0 Å². The molecule has 1 aliphatic carbocycles. The summed E-state index contributed by atoms with van der Waals surface area (Å²) in [6.07, 6.45) is 4.19. The molecule has 1 amide bonds. The Bertz CT molecular complexity index is 1370. The number of carbonyl (C=O) groups excluding carboxylic acids is 1. The first kappa shape index (κ1) is 21.9.